The molecule has 1 saturated heterocycles. The topological polar surface area (TPSA) is 39.1 Å². The maximum absolute atomic E-state index is 5.56. The van der Waals surface area contributed by atoms with E-state index in [2.05, 4.69) is 31.2 Å². The van der Waals surface area contributed by atoms with Gasteiger partial charge in [-0.25, -0.2) is 0 Å². The van der Waals surface area contributed by atoms with Crippen LogP contribution in [-0.2, 0) is 18.3 Å². The molecule has 0 amide bonds. The summed E-state index contributed by atoms with van der Waals surface area (Å²) in [6.45, 7) is 9.03. The Labute approximate surface area is 103 Å². The Morgan fingerprint density at radius 1 is 1.47 bits per heavy atom. The van der Waals surface area contributed by atoms with Crippen molar-refractivity contribution in [3.05, 3.63) is 17.0 Å². The van der Waals surface area contributed by atoms with Crippen molar-refractivity contribution in [2.45, 2.75) is 45.7 Å². The van der Waals surface area contributed by atoms with Crippen molar-refractivity contribution in [2.24, 2.45) is 7.05 Å². The molecule has 2 heterocycles. The van der Waals surface area contributed by atoms with Gasteiger partial charge in [0.2, 0.25) is 0 Å². The van der Waals surface area contributed by atoms with Crippen LogP contribution >= 0.6 is 0 Å². The van der Waals surface area contributed by atoms with Crippen LogP contribution in [0, 0.1) is 13.8 Å². The lowest BCUT2D eigenvalue weighted by Crippen LogP contribution is -2.48. The smallest absolute Gasteiger partial charge is 0.0645 e. The van der Waals surface area contributed by atoms with Gasteiger partial charge >= 0.3 is 0 Å². The van der Waals surface area contributed by atoms with Gasteiger partial charge < -0.3 is 10.1 Å². The fraction of sp³-hybridized carbons (Fsp3) is 0.769. The van der Waals surface area contributed by atoms with E-state index in [4.69, 9.17) is 4.74 Å². The zero-order valence-electron chi connectivity index (χ0n) is 11.3. The first-order valence-electron chi connectivity index (χ1n) is 6.34. The summed E-state index contributed by atoms with van der Waals surface area (Å²) in [6, 6.07) is 0. The summed E-state index contributed by atoms with van der Waals surface area (Å²) in [6.07, 6.45) is 2.33. The highest BCUT2D eigenvalue weighted by molar-refractivity contribution is 5.24. The summed E-state index contributed by atoms with van der Waals surface area (Å²) in [4.78, 5) is 0. The molecule has 1 unspecified atom stereocenters. The lowest BCUT2D eigenvalue weighted by Gasteiger charge is -2.34. The summed E-state index contributed by atoms with van der Waals surface area (Å²) in [5, 5.41) is 8.07. The molecule has 1 atom stereocenters. The minimum atomic E-state index is 0.118. The van der Waals surface area contributed by atoms with Gasteiger partial charge in [-0.15, -0.1) is 0 Å². The minimum absolute atomic E-state index is 0.118. The van der Waals surface area contributed by atoms with E-state index in [9.17, 15) is 0 Å². The van der Waals surface area contributed by atoms with E-state index >= 15 is 0 Å². The minimum Gasteiger partial charge on any atom is -0.380 e. The standard InChI is InChI=1S/C13H23N3O/c1-10-12(11(2)16(4)15-10)8-14-13(3)6-5-7-17-9-13/h14H,5-9H2,1-4H3. The molecule has 1 aromatic heterocycles. The number of hydrogen-bond donors (Lipinski definition) is 1. The maximum atomic E-state index is 5.56. The molecule has 0 bridgehead atoms. The van der Waals surface area contributed by atoms with Crippen LogP contribution in [0.3, 0.4) is 0 Å². The fourth-order valence-corrected chi connectivity index (χ4v) is 2.45. The van der Waals surface area contributed by atoms with Crippen LogP contribution in [0.1, 0.15) is 36.7 Å². The lowest BCUT2D eigenvalue weighted by atomic mass is 9.94. The molecule has 17 heavy (non-hydrogen) atoms. The lowest BCUT2D eigenvalue weighted by molar-refractivity contribution is 0.0277. The Kier molecular flexibility index (Phi) is 3.54. The third-order valence-electron chi connectivity index (χ3n) is 3.79. The van der Waals surface area contributed by atoms with Crippen LogP contribution in [0.5, 0.6) is 0 Å². The number of aromatic nitrogens is 2. The molecule has 4 heteroatoms. The van der Waals surface area contributed by atoms with Crippen LogP contribution in [-0.4, -0.2) is 28.5 Å². The molecule has 0 radical (unpaired) electrons. The second-order valence-corrected chi connectivity index (χ2v) is 5.34. The van der Waals surface area contributed by atoms with Gasteiger partial charge in [-0.2, -0.15) is 5.10 Å². The number of rotatable bonds is 3. The highest BCUT2D eigenvalue weighted by atomic mass is 16.5. The molecule has 2 rings (SSSR count). The van der Waals surface area contributed by atoms with Crippen LogP contribution in [0.2, 0.25) is 0 Å². The van der Waals surface area contributed by atoms with Crippen LogP contribution in [0.25, 0.3) is 0 Å². The second-order valence-electron chi connectivity index (χ2n) is 5.34. The number of aryl methyl sites for hydroxylation is 2. The van der Waals surface area contributed by atoms with Gasteiger partial charge in [0.15, 0.2) is 0 Å². The highest BCUT2D eigenvalue weighted by Gasteiger charge is 2.27. The van der Waals surface area contributed by atoms with Crippen molar-refractivity contribution < 1.29 is 4.74 Å². The molecule has 1 aliphatic rings. The Hall–Kier alpha value is -0.870. The van der Waals surface area contributed by atoms with Gasteiger partial charge in [-0.05, 0) is 33.6 Å². The average Bonchev–Trinajstić information content (AvgIpc) is 2.52. The monoisotopic (exact) mass is 237 g/mol. The number of ether oxygens (including phenoxy) is 1. The number of nitrogens with one attached hydrogen (secondary N) is 1. The van der Waals surface area contributed by atoms with E-state index in [1.54, 1.807) is 0 Å². The number of hydrogen-bond acceptors (Lipinski definition) is 3. The molecule has 1 N–H and O–H groups in total. The molecule has 1 aromatic rings. The van der Waals surface area contributed by atoms with Crippen molar-refractivity contribution in [2.75, 3.05) is 13.2 Å². The van der Waals surface area contributed by atoms with Crippen molar-refractivity contribution in [3.8, 4) is 0 Å². The van der Waals surface area contributed by atoms with Gasteiger partial charge in [-0.3, -0.25) is 4.68 Å². The van der Waals surface area contributed by atoms with Gasteiger partial charge in [-0.1, -0.05) is 0 Å². The zero-order chi connectivity index (χ0) is 12.5. The Balaban J connectivity index is 2.01. The van der Waals surface area contributed by atoms with Gasteiger partial charge in [0.1, 0.15) is 0 Å². The third kappa shape index (κ3) is 2.69. The van der Waals surface area contributed by atoms with Crippen LogP contribution < -0.4 is 5.32 Å². The molecule has 0 aliphatic carbocycles. The highest BCUT2D eigenvalue weighted by Crippen LogP contribution is 2.20. The second kappa shape index (κ2) is 4.78. The molecular formula is C13H23N3O. The first-order valence-corrected chi connectivity index (χ1v) is 6.34. The zero-order valence-corrected chi connectivity index (χ0v) is 11.3. The van der Waals surface area contributed by atoms with E-state index in [1.165, 1.54) is 17.7 Å². The molecule has 0 saturated carbocycles. The Bertz CT molecular complexity index is 392. The molecule has 0 spiro atoms. The maximum Gasteiger partial charge on any atom is 0.0645 e. The summed E-state index contributed by atoms with van der Waals surface area (Å²) >= 11 is 0. The molecule has 1 aliphatic heterocycles. The van der Waals surface area contributed by atoms with Crippen LogP contribution in [0.4, 0.5) is 0 Å². The van der Waals surface area contributed by atoms with E-state index in [-0.39, 0.29) is 5.54 Å². The van der Waals surface area contributed by atoms with E-state index in [1.807, 2.05) is 11.7 Å². The Morgan fingerprint density at radius 3 is 2.76 bits per heavy atom. The molecule has 0 aromatic carbocycles. The van der Waals surface area contributed by atoms with Gasteiger partial charge in [0, 0.05) is 37.0 Å². The van der Waals surface area contributed by atoms with Crippen molar-refractivity contribution in [1.29, 1.82) is 0 Å². The van der Waals surface area contributed by atoms with Crippen molar-refractivity contribution >= 4 is 0 Å². The summed E-state index contributed by atoms with van der Waals surface area (Å²) in [5.41, 5.74) is 3.81. The molecular weight excluding hydrogens is 214 g/mol. The summed E-state index contributed by atoms with van der Waals surface area (Å²) in [7, 11) is 2.00. The normalized spacial score (nSPS) is 25.2. The van der Waals surface area contributed by atoms with Crippen molar-refractivity contribution in [1.82, 2.24) is 15.1 Å². The molecule has 4 nitrogen and oxygen atoms in total. The van der Waals surface area contributed by atoms with E-state index in [0.29, 0.717) is 0 Å². The van der Waals surface area contributed by atoms with Crippen LogP contribution in [0.15, 0.2) is 0 Å². The SMILES string of the molecule is Cc1nn(C)c(C)c1CNC1(C)CCCOC1. The first kappa shape index (κ1) is 12.6. The quantitative estimate of drug-likeness (QED) is 0.869. The fourth-order valence-electron chi connectivity index (χ4n) is 2.45. The molecule has 96 valence electrons. The molecule has 1 fully saturated rings. The summed E-state index contributed by atoms with van der Waals surface area (Å²) in [5.74, 6) is 0. The average molecular weight is 237 g/mol. The Morgan fingerprint density at radius 2 is 2.24 bits per heavy atom. The predicted octanol–water partition coefficient (Wildman–Crippen LogP) is 1.70. The van der Waals surface area contributed by atoms with Crippen molar-refractivity contribution in [3.63, 3.8) is 0 Å². The first-order chi connectivity index (χ1) is 8.02. The summed E-state index contributed by atoms with van der Waals surface area (Å²) < 4.78 is 7.51. The van der Waals surface area contributed by atoms with Gasteiger partial charge in [0.05, 0.1) is 12.3 Å². The van der Waals surface area contributed by atoms with Gasteiger partial charge in [0.25, 0.3) is 0 Å². The number of nitrogens with zero attached hydrogens (tertiary/aromatic N) is 2. The van der Waals surface area contributed by atoms with E-state index in [0.717, 1.165) is 31.9 Å². The van der Waals surface area contributed by atoms with E-state index < -0.39 is 0 Å². The predicted molar refractivity (Wildman–Crippen MR) is 68.0 cm³/mol. The largest absolute Gasteiger partial charge is 0.380 e. The third-order valence-corrected chi connectivity index (χ3v) is 3.79.